The minimum absolute atomic E-state index is 0.0698. The summed E-state index contributed by atoms with van der Waals surface area (Å²) in [5.74, 6) is 0.793. The van der Waals surface area contributed by atoms with E-state index < -0.39 is 0 Å². The van der Waals surface area contributed by atoms with E-state index in [-0.39, 0.29) is 5.91 Å². The van der Waals surface area contributed by atoms with E-state index in [2.05, 4.69) is 22.3 Å². The molecule has 0 unspecified atom stereocenters. The van der Waals surface area contributed by atoms with Gasteiger partial charge >= 0.3 is 0 Å². The Bertz CT molecular complexity index is 590. The van der Waals surface area contributed by atoms with Crippen LogP contribution in [0.1, 0.15) is 21.6 Å². The molecule has 3 nitrogen and oxygen atoms in total. The molecule has 0 aliphatic heterocycles. The molecule has 5 heteroatoms. The summed E-state index contributed by atoms with van der Waals surface area (Å²) < 4.78 is 1.08. The van der Waals surface area contributed by atoms with Gasteiger partial charge in [0, 0.05) is 28.9 Å². The summed E-state index contributed by atoms with van der Waals surface area (Å²) in [7, 11) is 0. The van der Waals surface area contributed by atoms with Gasteiger partial charge in [-0.1, -0.05) is 30.0 Å². The maximum absolute atomic E-state index is 11.7. The highest BCUT2D eigenvalue weighted by Gasteiger charge is 2.05. The number of carbonyl (C=O) groups is 1. The van der Waals surface area contributed by atoms with E-state index in [1.807, 2.05) is 31.2 Å². The van der Waals surface area contributed by atoms with Crippen molar-refractivity contribution in [3.05, 3.63) is 59.1 Å². The molecule has 0 bridgehead atoms. The van der Waals surface area contributed by atoms with Gasteiger partial charge < -0.3 is 5.32 Å². The number of nitrogens with zero attached hydrogens (tertiary/aromatic N) is 1. The van der Waals surface area contributed by atoms with Gasteiger partial charge in [0.1, 0.15) is 4.34 Å². The largest absolute Gasteiger partial charge is 0.349 e. The molecule has 2 rings (SSSR count). The zero-order chi connectivity index (χ0) is 14.4. The number of thioether (sulfide) groups is 1. The number of nitrogens with one attached hydrogen (secondary N) is 1. The first-order chi connectivity index (χ1) is 9.69. The number of hydrogen-bond donors (Lipinski definition) is 1. The Labute approximate surface area is 127 Å². The summed E-state index contributed by atoms with van der Waals surface area (Å²) in [6.45, 7) is 6.06. The molecule has 20 heavy (non-hydrogen) atoms. The molecular weight excluding hydrogens is 288 g/mol. The van der Waals surface area contributed by atoms with Crippen LogP contribution in [0, 0.1) is 6.92 Å². The predicted octanol–water partition coefficient (Wildman–Crippen LogP) is 3.66. The number of aryl methyl sites for hydroxylation is 1. The Kier molecular flexibility index (Phi) is 5.38. The second-order valence-corrected chi connectivity index (χ2v) is 6.32. The van der Waals surface area contributed by atoms with E-state index in [0.29, 0.717) is 12.1 Å². The Hall–Kier alpha value is -1.59. The minimum Gasteiger partial charge on any atom is -0.349 e. The lowest BCUT2D eigenvalue weighted by molar-refractivity contribution is 0.0958. The van der Waals surface area contributed by atoms with E-state index in [0.717, 1.165) is 15.8 Å². The van der Waals surface area contributed by atoms with Crippen LogP contribution < -0.4 is 5.32 Å². The molecule has 0 spiro atoms. The van der Waals surface area contributed by atoms with Gasteiger partial charge in [-0.25, -0.2) is 4.98 Å². The molecular formula is C15H16N2OS2. The van der Waals surface area contributed by atoms with Crippen LogP contribution in [0.15, 0.2) is 46.6 Å². The highest BCUT2D eigenvalue weighted by molar-refractivity contribution is 8.00. The molecule has 1 N–H and O–H groups in total. The highest BCUT2D eigenvalue weighted by atomic mass is 32.2. The van der Waals surface area contributed by atoms with Gasteiger partial charge in [-0.2, -0.15) is 0 Å². The molecule has 0 radical (unpaired) electrons. The maximum Gasteiger partial charge on any atom is 0.251 e. The average Bonchev–Trinajstić information content (AvgIpc) is 2.89. The standard InChI is InChI=1S/C15H16N2OS2/c1-3-8-16-14(18)13-6-4-12(5-7-13)10-20-15-17-11(2)9-19-15/h3-7,9H,1,8,10H2,2H3,(H,16,18). The van der Waals surface area contributed by atoms with E-state index in [1.165, 1.54) is 5.56 Å². The van der Waals surface area contributed by atoms with Gasteiger partial charge in [-0.15, -0.1) is 17.9 Å². The number of aromatic nitrogens is 1. The van der Waals surface area contributed by atoms with E-state index in [4.69, 9.17) is 0 Å². The Morgan fingerprint density at radius 2 is 2.20 bits per heavy atom. The van der Waals surface area contributed by atoms with Crippen LogP contribution in [-0.2, 0) is 5.75 Å². The molecule has 104 valence electrons. The lowest BCUT2D eigenvalue weighted by Crippen LogP contribution is -2.22. The molecule has 0 saturated carbocycles. The summed E-state index contributed by atoms with van der Waals surface area (Å²) in [4.78, 5) is 16.1. The predicted molar refractivity (Wildman–Crippen MR) is 85.4 cm³/mol. The second-order valence-electron chi connectivity index (χ2n) is 4.24. The summed E-state index contributed by atoms with van der Waals surface area (Å²) >= 11 is 3.38. The van der Waals surface area contributed by atoms with Gasteiger partial charge in [0.25, 0.3) is 5.91 Å². The molecule has 2 aromatic rings. The first-order valence-corrected chi connectivity index (χ1v) is 8.08. The van der Waals surface area contributed by atoms with Crippen molar-refractivity contribution in [3.8, 4) is 0 Å². The van der Waals surface area contributed by atoms with Crippen molar-refractivity contribution in [1.29, 1.82) is 0 Å². The molecule has 0 aliphatic rings. The third-order valence-electron chi connectivity index (χ3n) is 2.58. The van der Waals surface area contributed by atoms with Crippen molar-refractivity contribution in [1.82, 2.24) is 10.3 Å². The van der Waals surface area contributed by atoms with E-state index in [1.54, 1.807) is 29.2 Å². The molecule has 1 heterocycles. The fourth-order valence-electron chi connectivity index (χ4n) is 1.56. The van der Waals surface area contributed by atoms with Crippen molar-refractivity contribution < 1.29 is 4.79 Å². The molecule has 0 fully saturated rings. The molecule has 0 aliphatic carbocycles. The topological polar surface area (TPSA) is 42.0 Å². The molecule has 1 aromatic heterocycles. The van der Waals surface area contributed by atoms with Crippen molar-refractivity contribution in [3.63, 3.8) is 0 Å². The SMILES string of the molecule is C=CCNC(=O)c1ccc(CSc2nc(C)cs2)cc1. The van der Waals surface area contributed by atoms with Crippen molar-refractivity contribution >= 4 is 29.0 Å². The fourth-order valence-corrected chi connectivity index (χ4v) is 3.37. The average molecular weight is 304 g/mol. The lowest BCUT2D eigenvalue weighted by Gasteiger charge is -2.04. The Balaban J connectivity index is 1.91. The Morgan fingerprint density at radius 1 is 1.45 bits per heavy atom. The highest BCUT2D eigenvalue weighted by Crippen LogP contribution is 2.25. The van der Waals surface area contributed by atoms with Crippen LogP contribution in [-0.4, -0.2) is 17.4 Å². The van der Waals surface area contributed by atoms with Crippen molar-refractivity contribution in [2.75, 3.05) is 6.54 Å². The zero-order valence-corrected chi connectivity index (χ0v) is 12.9. The number of hydrogen-bond acceptors (Lipinski definition) is 4. The molecule has 0 saturated heterocycles. The molecule has 1 amide bonds. The van der Waals surface area contributed by atoms with Crippen molar-refractivity contribution in [2.24, 2.45) is 0 Å². The van der Waals surface area contributed by atoms with Crippen LogP contribution in [0.2, 0.25) is 0 Å². The lowest BCUT2D eigenvalue weighted by atomic mass is 10.1. The van der Waals surface area contributed by atoms with Gasteiger partial charge in [-0.05, 0) is 24.6 Å². The number of carbonyl (C=O) groups excluding carboxylic acids is 1. The Morgan fingerprint density at radius 3 is 2.80 bits per heavy atom. The van der Waals surface area contributed by atoms with Crippen LogP contribution in [0.25, 0.3) is 0 Å². The van der Waals surface area contributed by atoms with Gasteiger partial charge in [-0.3, -0.25) is 4.79 Å². The zero-order valence-electron chi connectivity index (χ0n) is 11.3. The monoisotopic (exact) mass is 304 g/mol. The fraction of sp³-hybridized carbons (Fsp3) is 0.200. The molecule has 0 atom stereocenters. The second kappa shape index (κ2) is 7.26. The van der Waals surface area contributed by atoms with Gasteiger partial charge in [0.2, 0.25) is 0 Å². The quantitative estimate of drug-likeness (QED) is 0.654. The van der Waals surface area contributed by atoms with Crippen LogP contribution in [0.4, 0.5) is 0 Å². The summed E-state index contributed by atoms with van der Waals surface area (Å²) in [5, 5.41) is 4.81. The van der Waals surface area contributed by atoms with Gasteiger partial charge in [0.05, 0.1) is 0 Å². The maximum atomic E-state index is 11.7. The summed E-state index contributed by atoms with van der Waals surface area (Å²) in [6, 6.07) is 7.66. The first-order valence-electron chi connectivity index (χ1n) is 6.22. The smallest absolute Gasteiger partial charge is 0.251 e. The minimum atomic E-state index is -0.0698. The summed E-state index contributed by atoms with van der Waals surface area (Å²) in [6.07, 6.45) is 1.67. The third-order valence-corrected chi connectivity index (χ3v) is 4.79. The number of rotatable bonds is 6. The van der Waals surface area contributed by atoms with Crippen LogP contribution >= 0.6 is 23.1 Å². The number of benzene rings is 1. The first kappa shape index (κ1) is 14.8. The summed E-state index contributed by atoms with van der Waals surface area (Å²) in [5.41, 5.74) is 2.92. The third kappa shape index (κ3) is 4.21. The van der Waals surface area contributed by atoms with E-state index >= 15 is 0 Å². The van der Waals surface area contributed by atoms with Crippen LogP contribution in [0.5, 0.6) is 0 Å². The number of amides is 1. The van der Waals surface area contributed by atoms with E-state index in [9.17, 15) is 4.79 Å². The van der Waals surface area contributed by atoms with Crippen LogP contribution in [0.3, 0.4) is 0 Å². The number of thiazole rings is 1. The van der Waals surface area contributed by atoms with Crippen molar-refractivity contribution in [2.45, 2.75) is 17.0 Å². The molecule has 1 aromatic carbocycles. The normalized spacial score (nSPS) is 10.2. The van der Waals surface area contributed by atoms with Gasteiger partial charge in [0.15, 0.2) is 0 Å².